The molecule has 4 rings (SSSR count). The molecule has 8 heteroatoms. The summed E-state index contributed by atoms with van der Waals surface area (Å²) in [6.07, 6.45) is 4.92. The maximum absolute atomic E-state index is 14.0. The minimum Gasteiger partial charge on any atom is -0.493 e. The van der Waals surface area contributed by atoms with E-state index in [1.54, 1.807) is 25.5 Å². The summed E-state index contributed by atoms with van der Waals surface area (Å²) in [5.74, 6) is 1.11. The van der Waals surface area contributed by atoms with Gasteiger partial charge in [0.25, 0.3) is 5.56 Å². The second-order valence-corrected chi connectivity index (χ2v) is 11.1. The molecular formula is C32H38N2O5S. The number of allylic oxidation sites excluding steroid dienone is 1. The van der Waals surface area contributed by atoms with Crippen LogP contribution in [0, 0.1) is 0 Å². The van der Waals surface area contributed by atoms with Crippen molar-refractivity contribution in [2.24, 2.45) is 4.99 Å². The molecule has 212 valence electrons. The molecule has 0 amide bonds. The highest BCUT2D eigenvalue weighted by Crippen LogP contribution is 2.33. The van der Waals surface area contributed by atoms with Crippen molar-refractivity contribution in [3.8, 4) is 11.5 Å². The third-order valence-corrected chi connectivity index (χ3v) is 7.93. The molecule has 2 heterocycles. The first-order chi connectivity index (χ1) is 19.3. The summed E-state index contributed by atoms with van der Waals surface area (Å²) in [5.41, 5.74) is 3.45. The van der Waals surface area contributed by atoms with E-state index in [9.17, 15) is 9.59 Å². The molecule has 1 aliphatic rings. The molecule has 1 aliphatic heterocycles. The lowest BCUT2D eigenvalue weighted by molar-refractivity contribution is -0.139. The number of carbonyl (C=O) groups excluding carboxylic acids is 1. The minimum absolute atomic E-state index is 0.226. The third kappa shape index (κ3) is 6.07. The Kier molecular flexibility index (Phi) is 9.63. The third-order valence-electron chi connectivity index (χ3n) is 6.95. The highest BCUT2D eigenvalue weighted by molar-refractivity contribution is 7.07. The van der Waals surface area contributed by atoms with Crippen LogP contribution in [-0.4, -0.2) is 30.9 Å². The van der Waals surface area contributed by atoms with E-state index in [2.05, 4.69) is 25.8 Å². The molecular weight excluding hydrogens is 524 g/mol. The summed E-state index contributed by atoms with van der Waals surface area (Å²) in [4.78, 5) is 32.4. The van der Waals surface area contributed by atoms with E-state index in [4.69, 9.17) is 14.2 Å². The van der Waals surface area contributed by atoms with Crippen LogP contribution in [0.25, 0.3) is 6.08 Å². The van der Waals surface area contributed by atoms with Gasteiger partial charge in [-0.15, -0.1) is 0 Å². The highest BCUT2D eigenvalue weighted by Gasteiger charge is 2.33. The number of esters is 1. The van der Waals surface area contributed by atoms with E-state index in [0.29, 0.717) is 44.6 Å². The minimum atomic E-state index is -0.645. The van der Waals surface area contributed by atoms with E-state index in [1.165, 1.54) is 16.9 Å². The lowest BCUT2D eigenvalue weighted by Crippen LogP contribution is -2.39. The number of hydrogen-bond donors (Lipinski definition) is 0. The van der Waals surface area contributed by atoms with E-state index in [-0.39, 0.29) is 12.2 Å². The predicted molar refractivity (Wildman–Crippen MR) is 159 cm³/mol. The van der Waals surface area contributed by atoms with Crippen molar-refractivity contribution in [3.63, 3.8) is 0 Å². The van der Waals surface area contributed by atoms with E-state index in [1.807, 2.05) is 48.5 Å². The van der Waals surface area contributed by atoms with Crippen molar-refractivity contribution in [1.29, 1.82) is 0 Å². The zero-order valence-electron chi connectivity index (χ0n) is 24.2. The van der Waals surface area contributed by atoms with Crippen molar-refractivity contribution in [2.75, 3.05) is 20.3 Å². The number of thiazole rings is 1. The normalized spacial score (nSPS) is 15.2. The van der Waals surface area contributed by atoms with Crippen molar-refractivity contribution >= 4 is 23.4 Å². The maximum atomic E-state index is 14.0. The van der Waals surface area contributed by atoms with Crippen molar-refractivity contribution in [3.05, 3.63) is 90.1 Å². The van der Waals surface area contributed by atoms with Gasteiger partial charge in [0.1, 0.15) is 0 Å². The lowest BCUT2D eigenvalue weighted by Gasteiger charge is -2.25. The summed E-state index contributed by atoms with van der Waals surface area (Å²) < 4.78 is 19.2. The topological polar surface area (TPSA) is 79.1 Å². The van der Waals surface area contributed by atoms with Gasteiger partial charge in [-0.25, -0.2) is 9.79 Å². The summed E-state index contributed by atoms with van der Waals surface area (Å²) in [6.45, 7) is 10.8. The van der Waals surface area contributed by atoms with Crippen LogP contribution in [0.3, 0.4) is 0 Å². The molecule has 0 radical (unpaired) electrons. The van der Waals surface area contributed by atoms with Crippen LogP contribution < -0.4 is 24.4 Å². The Balaban J connectivity index is 1.87. The van der Waals surface area contributed by atoms with Crippen molar-refractivity contribution in [1.82, 2.24) is 4.57 Å². The van der Waals surface area contributed by atoms with Gasteiger partial charge in [-0.05, 0) is 49.5 Å². The molecule has 0 saturated carbocycles. The van der Waals surface area contributed by atoms with Gasteiger partial charge in [0, 0.05) is 5.56 Å². The number of rotatable bonds is 11. The molecule has 0 saturated heterocycles. The number of carbonyl (C=O) groups is 1. The molecule has 0 aliphatic carbocycles. The first-order valence-electron chi connectivity index (χ1n) is 13.9. The fraction of sp³-hybridized carbons (Fsp3) is 0.406. The van der Waals surface area contributed by atoms with Gasteiger partial charge in [0.05, 0.1) is 42.2 Å². The summed E-state index contributed by atoms with van der Waals surface area (Å²) in [5, 5.41) is 0. The number of fused-ring (bicyclic) bond motifs is 1. The quantitative estimate of drug-likeness (QED) is 0.228. The predicted octanol–water partition coefficient (Wildman–Crippen LogP) is 5.50. The van der Waals surface area contributed by atoms with Crippen LogP contribution in [0.15, 0.2) is 63.5 Å². The van der Waals surface area contributed by atoms with Gasteiger partial charge in [-0.1, -0.05) is 81.3 Å². The average Bonchev–Trinajstić information content (AvgIpc) is 3.24. The van der Waals surface area contributed by atoms with Crippen LogP contribution in [0.1, 0.15) is 82.5 Å². The van der Waals surface area contributed by atoms with E-state index >= 15 is 0 Å². The van der Waals surface area contributed by atoms with Gasteiger partial charge in [0.15, 0.2) is 16.3 Å². The maximum Gasteiger partial charge on any atom is 0.338 e. The smallest absolute Gasteiger partial charge is 0.338 e. The van der Waals surface area contributed by atoms with Crippen LogP contribution in [0.2, 0.25) is 0 Å². The van der Waals surface area contributed by atoms with Crippen LogP contribution in [-0.2, 0) is 9.53 Å². The molecule has 3 aromatic rings. The van der Waals surface area contributed by atoms with Crippen molar-refractivity contribution in [2.45, 2.75) is 65.8 Å². The summed E-state index contributed by atoms with van der Waals surface area (Å²) >= 11 is 1.29. The largest absolute Gasteiger partial charge is 0.493 e. The van der Waals surface area contributed by atoms with Gasteiger partial charge in [-0.3, -0.25) is 9.36 Å². The fourth-order valence-electron chi connectivity index (χ4n) is 4.80. The number of nitrogens with zero attached hydrogens (tertiary/aromatic N) is 2. The second kappa shape index (κ2) is 13.1. The Labute approximate surface area is 239 Å². The number of unbranched alkanes of at least 4 members (excludes halogenated alkanes) is 2. The SMILES string of the molecule is CCCCCOc1c(C=c2sc3n(c2=O)C(c2ccc(C(C)C)cc2)C(C(=O)OCC)=C(C)N=3)cccc1OC. The van der Waals surface area contributed by atoms with Gasteiger partial charge in [-0.2, -0.15) is 0 Å². The Morgan fingerprint density at radius 3 is 2.52 bits per heavy atom. The molecule has 40 heavy (non-hydrogen) atoms. The molecule has 0 fully saturated rings. The average molecular weight is 563 g/mol. The monoisotopic (exact) mass is 562 g/mol. The van der Waals surface area contributed by atoms with Gasteiger partial charge in [0.2, 0.25) is 0 Å². The standard InChI is InChI=1S/C32H38N2O5S/c1-7-9-10-18-39-29-24(12-11-13-25(29)37-6)19-26-30(35)34-28(23-16-14-22(15-17-23)20(3)4)27(31(36)38-8-2)21(5)33-32(34)40-26/h11-17,19-20,28H,7-10,18H2,1-6H3. The fourth-order valence-corrected chi connectivity index (χ4v) is 5.84. The number of benzene rings is 2. The summed E-state index contributed by atoms with van der Waals surface area (Å²) in [7, 11) is 1.61. The Bertz CT molecular complexity index is 1560. The zero-order valence-corrected chi connectivity index (χ0v) is 25.0. The van der Waals surface area contributed by atoms with Crippen LogP contribution >= 0.6 is 11.3 Å². The van der Waals surface area contributed by atoms with E-state index < -0.39 is 12.0 Å². The molecule has 0 spiro atoms. The molecule has 1 aromatic heterocycles. The number of para-hydroxylation sites is 1. The molecule has 2 aromatic carbocycles. The highest BCUT2D eigenvalue weighted by atomic mass is 32.1. The van der Waals surface area contributed by atoms with Crippen molar-refractivity contribution < 1.29 is 19.0 Å². The zero-order chi connectivity index (χ0) is 28.8. The summed E-state index contributed by atoms with van der Waals surface area (Å²) in [6, 6.07) is 13.1. The lowest BCUT2D eigenvalue weighted by atomic mass is 9.93. The Morgan fingerprint density at radius 1 is 1.12 bits per heavy atom. The Morgan fingerprint density at radius 2 is 1.88 bits per heavy atom. The van der Waals surface area contributed by atoms with Gasteiger partial charge >= 0.3 is 5.97 Å². The Hall–Kier alpha value is -3.65. The first kappa shape index (κ1) is 29.3. The van der Waals surface area contributed by atoms with Gasteiger partial charge < -0.3 is 14.2 Å². The molecule has 1 atom stereocenters. The first-order valence-corrected chi connectivity index (χ1v) is 14.7. The van der Waals surface area contributed by atoms with Crippen LogP contribution in [0.5, 0.6) is 11.5 Å². The second-order valence-electron chi connectivity index (χ2n) is 10.1. The number of aromatic nitrogens is 1. The number of methoxy groups -OCH3 is 1. The number of ether oxygens (including phenoxy) is 3. The molecule has 7 nitrogen and oxygen atoms in total. The van der Waals surface area contributed by atoms with E-state index in [0.717, 1.165) is 30.4 Å². The molecule has 1 unspecified atom stereocenters. The molecule has 0 N–H and O–H groups in total. The van der Waals surface area contributed by atoms with Crippen LogP contribution in [0.4, 0.5) is 0 Å². The molecule has 0 bridgehead atoms. The number of hydrogen-bond acceptors (Lipinski definition) is 7.